The summed E-state index contributed by atoms with van der Waals surface area (Å²) in [6.45, 7) is 10.0. The number of rotatable bonds is 10. The van der Waals surface area contributed by atoms with Crippen LogP contribution in [0.3, 0.4) is 0 Å². The Kier molecular flexibility index (Phi) is 10.3. The van der Waals surface area contributed by atoms with Crippen molar-refractivity contribution >= 4 is 0 Å². The van der Waals surface area contributed by atoms with Crippen LogP contribution in [0.4, 0.5) is 0 Å². The third kappa shape index (κ3) is 10.2. The fraction of sp³-hybridized carbons (Fsp3) is 1.00. The topological polar surface area (TPSA) is 30.5 Å². The van der Waals surface area contributed by atoms with Crippen LogP contribution < -0.4 is 5.32 Å². The molecular weight excluding hydrogens is 190 g/mol. The first kappa shape index (κ1) is 14.9. The van der Waals surface area contributed by atoms with E-state index < -0.39 is 0 Å². The van der Waals surface area contributed by atoms with Gasteiger partial charge in [-0.15, -0.1) is 0 Å². The summed E-state index contributed by atoms with van der Waals surface area (Å²) in [6, 6.07) is 0. The largest absolute Gasteiger partial charge is 0.382 e. The molecule has 3 heteroatoms. The van der Waals surface area contributed by atoms with E-state index in [-0.39, 0.29) is 0 Å². The zero-order valence-electron chi connectivity index (χ0n) is 10.7. The van der Waals surface area contributed by atoms with Crippen molar-refractivity contribution in [2.45, 2.75) is 39.7 Å². The third-order valence-corrected chi connectivity index (χ3v) is 2.18. The fourth-order valence-electron chi connectivity index (χ4n) is 1.40. The highest BCUT2D eigenvalue weighted by molar-refractivity contribution is 4.62. The van der Waals surface area contributed by atoms with Crippen molar-refractivity contribution in [1.82, 2.24) is 5.32 Å². The maximum Gasteiger partial charge on any atom is 0.0704 e. The highest BCUT2D eigenvalue weighted by atomic mass is 16.5. The van der Waals surface area contributed by atoms with Gasteiger partial charge in [0, 0.05) is 13.7 Å². The predicted octanol–water partition coefficient (Wildman–Crippen LogP) is 2.06. The average Bonchev–Trinajstić information content (AvgIpc) is 2.17. The molecule has 0 saturated carbocycles. The van der Waals surface area contributed by atoms with Crippen LogP contribution in [0.1, 0.15) is 33.6 Å². The number of hydrogen-bond donors (Lipinski definition) is 1. The van der Waals surface area contributed by atoms with Crippen molar-refractivity contribution in [1.29, 1.82) is 0 Å². The van der Waals surface area contributed by atoms with Crippen molar-refractivity contribution in [2.24, 2.45) is 5.92 Å². The molecule has 0 aliphatic heterocycles. The summed E-state index contributed by atoms with van der Waals surface area (Å²) in [7, 11) is 1.70. The van der Waals surface area contributed by atoms with E-state index in [1.807, 2.05) is 0 Å². The molecule has 92 valence electrons. The highest BCUT2D eigenvalue weighted by Gasteiger charge is 2.07. The quantitative estimate of drug-likeness (QED) is 0.568. The van der Waals surface area contributed by atoms with E-state index in [1.165, 1.54) is 6.42 Å². The van der Waals surface area contributed by atoms with Gasteiger partial charge in [0.1, 0.15) is 0 Å². The zero-order chi connectivity index (χ0) is 11.5. The lowest BCUT2D eigenvalue weighted by Gasteiger charge is -2.18. The molecule has 0 saturated heterocycles. The Bertz CT molecular complexity index is 129. The molecule has 1 atom stereocenters. The van der Waals surface area contributed by atoms with E-state index in [0.717, 1.165) is 19.5 Å². The Morgan fingerprint density at radius 3 is 2.40 bits per heavy atom. The number of methoxy groups -OCH3 is 1. The van der Waals surface area contributed by atoms with Crippen LogP contribution in [0.15, 0.2) is 0 Å². The SMILES string of the molecule is CCCC(CNCC(C)C)OCCOC. The van der Waals surface area contributed by atoms with Crippen LogP contribution in [0.5, 0.6) is 0 Å². The summed E-state index contributed by atoms with van der Waals surface area (Å²) in [5.41, 5.74) is 0. The Morgan fingerprint density at radius 1 is 1.13 bits per heavy atom. The van der Waals surface area contributed by atoms with Gasteiger partial charge < -0.3 is 14.8 Å². The van der Waals surface area contributed by atoms with Crippen molar-refractivity contribution in [3.8, 4) is 0 Å². The van der Waals surface area contributed by atoms with E-state index in [2.05, 4.69) is 26.1 Å². The average molecular weight is 217 g/mol. The summed E-state index contributed by atoms with van der Waals surface area (Å²) >= 11 is 0. The van der Waals surface area contributed by atoms with Crippen molar-refractivity contribution in [3.63, 3.8) is 0 Å². The first-order valence-corrected chi connectivity index (χ1v) is 6.01. The van der Waals surface area contributed by atoms with Gasteiger partial charge in [-0.25, -0.2) is 0 Å². The molecule has 0 fully saturated rings. The van der Waals surface area contributed by atoms with E-state index in [9.17, 15) is 0 Å². The van der Waals surface area contributed by atoms with Gasteiger partial charge in [0.2, 0.25) is 0 Å². The second-order valence-electron chi connectivity index (χ2n) is 4.33. The normalized spacial score (nSPS) is 13.4. The van der Waals surface area contributed by atoms with Gasteiger partial charge in [0.25, 0.3) is 0 Å². The first-order valence-electron chi connectivity index (χ1n) is 6.01. The monoisotopic (exact) mass is 217 g/mol. The second-order valence-corrected chi connectivity index (χ2v) is 4.33. The maximum absolute atomic E-state index is 5.72. The molecule has 0 radical (unpaired) electrons. The van der Waals surface area contributed by atoms with E-state index >= 15 is 0 Å². The van der Waals surface area contributed by atoms with Crippen LogP contribution in [0.2, 0.25) is 0 Å². The molecule has 0 bridgehead atoms. The minimum atomic E-state index is 0.337. The van der Waals surface area contributed by atoms with Crippen molar-refractivity contribution in [2.75, 3.05) is 33.4 Å². The summed E-state index contributed by atoms with van der Waals surface area (Å²) in [6.07, 6.45) is 2.62. The molecule has 15 heavy (non-hydrogen) atoms. The summed E-state index contributed by atoms with van der Waals surface area (Å²) in [4.78, 5) is 0. The first-order chi connectivity index (χ1) is 7.20. The number of nitrogens with one attached hydrogen (secondary N) is 1. The predicted molar refractivity (Wildman–Crippen MR) is 64.2 cm³/mol. The molecular formula is C12H27NO2. The minimum absolute atomic E-state index is 0.337. The molecule has 1 unspecified atom stereocenters. The van der Waals surface area contributed by atoms with E-state index in [1.54, 1.807) is 7.11 Å². The third-order valence-electron chi connectivity index (χ3n) is 2.18. The molecule has 0 aromatic heterocycles. The van der Waals surface area contributed by atoms with Crippen molar-refractivity contribution in [3.05, 3.63) is 0 Å². The minimum Gasteiger partial charge on any atom is -0.382 e. The Morgan fingerprint density at radius 2 is 1.87 bits per heavy atom. The summed E-state index contributed by atoms with van der Waals surface area (Å²) in [5, 5.41) is 3.43. The molecule has 0 aromatic carbocycles. The summed E-state index contributed by atoms with van der Waals surface area (Å²) in [5.74, 6) is 0.700. The molecule has 0 heterocycles. The molecule has 0 amide bonds. The highest BCUT2D eigenvalue weighted by Crippen LogP contribution is 2.01. The van der Waals surface area contributed by atoms with Crippen LogP contribution in [-0.4, -0.2) is 39.5 Å². The summed E-state index contributed by atoms with van der Waals surface area (Å²) < 4.78 is 10.7. The Balaban J connectivity index is 3.53. The van der Waals surface area contributed by atoms with Gasteiger partial charge in [0.05, 0.1) is 19.3 Å². The molecule has 0 aliphatic carbocycles. The molecule has 0 aliphatic rings. The Hall–Kier alpha value is -0.120. The van der Waals surface area contributed by atoms with Crippen LogP contribution in [-0.2, 0) is 9.47 Å². The molecule has 3 nitrogen and oxygen atoms in total. The van der Waals surface area contributed by atoms with Crippen LogP contribution in [0, 0.1) is 5.92 Å². The van der Waals surface area contributed by atoms with E-state index in [0.29, 0.717) is 25.2 Å². The maximum atomic E-state index is 5.72. The van der Waals surface area contributed by atoms with Gasteiger partial charge in [-0.3, -0.25) is 0 Å². The van der Waals surface area contributed by atoms with Crippen LogP contribution in [0.25, 0.3) is 0 Å². The smallest absolute Gasteiger partial charge is 0.0704 e. The molecule has 0 spiro atoms. The van der Waals surface area contributed by atoms with Gasteiger partial charge in [-0.2, -0.15) is 0 Å². The molecule has 0 aromatic rings. The lowest BCUT2D eigenvalue weighted by atomic mass is 10.2. The standard InChI is InChI=1S/C12H27NO2/c1-5-6-12(15-8-7-14-4)10-13-9-11(2)3/h11-13H,5-10H2,1-4H3. The number of ether oxygens (including phenoxy) is 2. The molecule has 0 rings (SSSR count). The number of hydrogen-bond acceptors (Lipinski definition) is 3. The zero-order valence-corrected chi connectivity index (χ0v) is 10.7. The lowest BCUT2D eigenvalue weighted by molar-refractivity contribution is 0.0132. The van der Waals surface area contributed by atoms with Crippen molar-refractivity contribution < 1.29 is 9.47 Å². The van der Waals surface area contributed by atoms with Gasteiger partial charge in [0.15, 0.2) is 0 Å². The molecule has 1 N–H and O–H groups in total. The van der Waals surface area contributed by atoms with Gasteiger partial charge in [-0.1, -0.05) is 27.2 Å². The van der Waals surface area contributed by atoms with Gasteiger partial charge in [-0.05, 0) is 18.9 Å². The Labute approximate surface area is 94.5 Å². The lowest BCUT2D eigenvalue weighted by Crippen LogP contribution is -2.32. The second kappa shape index (κ2) is 10.4. The van der Waals surface area contributed by atoms with Gasteiger partial charge >= 0.3 is 0 Å². The van der Waals surface area contributed by atoms with Crippen LogP contribution >= 0.6 is 0 Å². The fourth-order valence-corrected chi connectivity index (χ4v) is 1.40. The van der Waals surface area contributed by atoms with E-state index in [4.69, 9.17) is 9.47 Å².